The normalized spacial score (nSPS) is 11.1. The molecule has 4 N–H and O–H groups in total. The zero-order chi connectivity index (χ0) is 101. The van der Waals surface area contributed by atoms with E-state index in [9.17, 15) is 47.9 Å². The molecule has 0 bridgehead atoms. The van der Waals surface area contributed by atoms with Gasteiger partial charge in [0.2, 0.25) is 44.2 Å². The lowest BCUT2D eigenvalue weighted by molar-refractivity contribution is -0.119. The van der Waals surface area contributed by atoms with Crippen LogP contribution in [0.25, 0.3) is 0 Å². The van der Waals surface area contributed by atoms with Crippen LogP contribution in [0.2, 0.25) is 0 Å². The van der Waals surface area contributed by atoms with Gasteiger partial charge in [0.25, 0.3) is 0 Å². The SMILES string of the molecule is CN(CC(=O)Cc1nnc(CCCCc2nnc(NC(=O)CN(C)C(=O)OC(C)(C)C)s2)s1)C(=O)OC(C)(C)C.O=C(CCc1ccco1)Cc1nnc(CCCCc2nnc(NC(=O)CCc3ccco3)s2)s1.O=C(Cc1ccccc1)Cc1nnc(CSCCc2nnc(NC(=O)Cc3ccccc3)s2)s1.O=C(Cc1ccccn1)Cc1nnc(CCCCc2nnc(NC(=O)Cc3ccccn3)s2)s1. The highest BCUT2D eigenvalue weighted by Gasteiger charge is 2.26. The van der Waals surface area contributed by atoms with Gasteiger partial charge in [-0.25, -0.2) is 9.59 Å². The van der Waals surface area contributed by atoms with Crippen molar-refractivity contribution in [2.75, 3.05) is 54.2 Å². The smallest absolute Gasteiger partial charge is 0.410 e. The number of hydrogen-bond donors (Lipinski definition) is 4. The summed E-state index contributed by atoms with van der Waals surface area (Å²) in [5, 5.41) is 89.1. The highest BCUT2D eigenvalue weighted by atomic mass is 32.2. The summed E-state index contributed by atoms with van der Waals surface area (Å²) < 4.78 is 21.0. The first-order chi connectivity index (χ1) is 68.4. The van der Waals surface area contributed by atoms with Crippen molar-refractivity contribution in [2.45, 2.75) is 219 Å². The number of hydrogen-bond acceptors (Lipinski definition) is 41. The quantitative estimate of drug-likeness (QED) is 0.0257. The molecule has 0 aliphatic heterocycles. The molecule has 0 saturated carbocycles. The van der Waals surface area contributed by atoms with E-state index in [1.165, 1.54) is 115 Å². The second-order valence-electron chi connectivity index (χ2n) is 34.0. The summed E-state index contributed by atoms with van der Waals surface area (Å²) in [4.78, 5) is 132. The molecular formula is C95H110N24O14S9. The monoisotopic (exact) mass is 2100 g/mol. The molecule has 6 amide bonds. The van der Waals surface area contributed by atoms with Crippen LogP contribution in [0.4, 0.5) is 30.1 Å². The lowest BCUT2D eigenvalue weighted by Crippen LogP contribution is -2.38. The summed E-state index contributed by atoms with van der Waals surface area (Å²) in [6, 6.07) is 37.7. The molecule has 38 nitrogen and oxygen atoms in total. The second-order valence-corrected chi connectivity index (χ2v) is 43.9. The summed E-state index contributed by atoms with van der Waals surface area (Å²) in [7, 11) is 3.01. The van der Waals surface area contributed by atoms with E-state index in [1.54, 1.807) is 84.3 Å². The average molecular weight is 2100 g/mol. The van der Waals surface area contributed by atoms with Crippen LogP contribution in [-0.2, 0) is 163 Å². The van der Waals surface area contributed by atoms with Crippen molar-refractivity contribution in [3.8, 4) is 0 Å². The molecule has 47 heteroatoms. The van der Waals surface area contributed by atoms with E-state index >= 15 is 0 Å². The van der Waals surface area contributed by atoms with Gasteiger partial charge in [0.1, 0.15) is 107 Å². The van der Waals surface area contributed by atoms with Gasteiger partial charge >= 0.3 is 12.2 Å². The molecule has 0 spiro atoms. The first kappa shape index (κ1) is 110. The zero-order valence-electron chi connectivity index (χ0n) is 79.7. The summed E-state index contributed by atoms with van der Waals surface area (Å²) in [6.45, 7) is 10.4. The van der Waals surface area contributed by atoms with Crippen molar-refractivity contribution < 1.29 is 66.3 Å². The zero-order valence-corrected chi connectivity index (χ0v) is 87.0. The minimum atomic E-state index is -0.644. The Balaban J connectivity index is 0.000000181. The number of aromatic nitrogens is 18. The number of amides is 6. The third-order valence-corrected chi connectivity index (χ3v) is 27.9. The molecule has 0 aliphatic carbocycles. The number of rotatable bonds is 50. The van der Waals surface area contributed by atoms with E-state index in [0.29, 0.717) is 102 Å². The Hall–Kier alpha value is -12.8. The van der Waals surface area contributed by atoms with E-state index in [-0.39, 0.29) is 73.2 Å². The maximum absolute atomic E-state index is 12.3. The Morgan fingerprint density at radius 1 is 0.317 bits per heavy atom. The van der Waals surface area contributed by atoms with Crippen LogP contribution < -0.4 is 21.3 Å². The van der Waals surface area contributed by atoms with Gasteiger partial charge in [-0.3, -0.25) is 53.6 Å². The molecule has 12 aromatic heterocycles. The van der Waals surface area contributed by atoms with Crippen LogP contribution in [0, 0.1) is 0 Å². The van der Waals surface area contributed by atoms with E-state index in [0.717, 1.165) is 166 Å². The first-order valence-electron chi connectivity index (χ1n) is 45.6. The van der Waals surface area contributed by atoms with Crippen LogP contribution >= 0.6 is 102 Å². The number of benzene rings is 2. The molecule has 0 aliphatic rings. The molecule has 0 radical (unpaired) electrons. The molecule has 0 saturated heterocycles. The average Bonchev–Trinajstić information content (AvgIpc) is 1.40. The third kappa shape index (κ3) is 43.0. The van der Waals surface area contributed by atoms with Gasteiger partial charge in [-0.05, 0) is 140 Å². The molecule has 2 aromatic carbocycles. The van der Waals surface area contributed by atoms with Gasteiger partial charge in [-0.15, -0.1) is 127 Å². The molecule has 0 atom stereocenters. The number of carbonyl (C=O) groups excluding carboxylic acids is 10. The van der Waals surface area contributed by atoms with Crippen molar-refractivity contribution in [2.24, 2.45) is 0 Å². The fourth-order valence-corrected chi connectivity index (χ4v) is 20.6. The van der Waals surface area contributed by atoms with Crippen molar-refractivity contribution in [1.82, 2.24) is 101 Å². The van der Waals surface area contributed by atoms with Gasteiger partial charge in [0.15, 0.2) is 5.78 Å². The minimum absolute atomic E-state index is 0.0610. The second kappa shape index (κ2) is 58.0. The van der Waals surface area contributed by atoms with Gasteiger partial charge in [0, 0.05) is 133 Å². The molecule has 12 heterocycles. The third-order valence-electron chi connectivity index (χ3n) is 19.3. The lowest BCUT2D eigenvalue weighted by atomic mass is 10.1. The summed E-state index contributed by atoms with van der Waals surface area (Å²) in [6.07, 6.45) is 20.4. The number of aryl methyl sites for hydroxylation is 9. The van der Waals surface area contributed by atoms with Crippen molar-refractivity contribution in [1.29, 1.82) is 0 Å². The van der Waals surface area contributed by atoms with Crippen LogP contribution in [0.5, 0.6) is 0 Å². The number of carbonyl (C=O) groups is 10. The molecule has 0 fully saturated rings. The maximum atomic E-state index is 12.3. The predicted octanol–water partition coefficient (Wildman–Crippen LogP) is 15.9. The number of Topliss-reactive ketones (excluding diaryl/α,β-unsaturated/α-hetero) is 4. The van der Waals surface area contributed by atoms with Crippen LogP contribution in [0.3, 0.4) is 0 Å². The number of nitrogens with one attached hydrogen (secondary N) is 4. The molecular weight excluding hydrogens is 1990 g/mol. The number of nitrogens with zero attached hydrogens (tertiary/aromatic N) is 20. The Morgan fingerprint density at radius 2 is 0.662 bits per heavy atom. The van der Waals surface area contributed by atoms with Gasteiger partial charge in [-0.2, -0.15) is 11.8 Å². The van der Waals surface area contributed by atoms with Crippen LogP contribution in [0.15, 0.2) is 155 Å². The Bertz CT molecular complexity index is 5690. The molecule has 14 rings (SSSR count). The number of pyridine rings is 2. The Kier molecular flexibility index (Phi) is 44.7. The number of thioether (sulfide) groups is 1. The summed E-state index contributed by atoms with van der Waals surface area (Å²) >= 11 is 13.1. The van der Waals surface area contributed by atoms with E-state index in [2.05, 4.69) is 113 Å². The summed E-state index contributed by atoms with van der Waals surface area (Å²) in [5.41, 5.74) is 2.19. The van der Waals surface area contributed by atoms with E-state index in [4.69, 9.17) is 18.3 Å². The standard InChI is InChI=1S/C25H39N7O6S2.C24H23N5O2S3.C23H23N7O2S2.C23H25N5O4S2/c1-24(2,3)37-22(35)31(7)14-16(33)13-20-29-27-18(39-20)11-9-10-12-19-28-30-21(40-19)26-17(34)15-32(8)23(36)38-25(4,5)6;30-19(13-17-7-3-1-4-8-17)15-22-27-28-23(33-22)16-32-12-11-21-26-29-24(34-21)25-20(31)14-18-9-5-2-6-10-18;31-18(13-16-7-3-5-11-24-16)15-22-29-27-20(33-22)9-1-2-10-21-28-30-23(34-21)26-19(32)14-17-8-4-6-12-25-17;29-16(9-10-17-5-3-13-31-17)15-22-27-25-20(33-22)7-1-2-8-21-26-28-23(34-21)24-19(30)12-11-18-6-4-14-32-18/h9-15H2,1-8H3,(H,26,30,34);1-10H,11-16H2,(H,25,29,31);3-8,11-12H,1-2,9-10,13-15H2,(H,26,30,32);3-6,13-14H,1-2,7-12,15H2,(H,24,28,30). The van der Waals surface area contributed by atoms with Crippen LogP contribution in [0.1, 0.15) is 187 Å². The fourth-order valence-electron chi connectivity index (χ4n) is 12.7. The Morgan fingerprint density at radius 3 is 1.09 bits per heavy atom. The van der Waals surface area contributed by atoms with Gasteiger partial charge in [-0.1, -0.05) is 118 Å². The summed E-state index contributed by atoms with van der Waals surface area (Å²) in [5.74, 6) is 2.66. The highest BCUT2D eigenvalue weighted by molar-refractivity contribution is 7.98. The van der Waals surface area contributed by atoms with Gasteiger partial charge in [0.05, 0.1) is 57.6 Å². The lowest BCUT2D eigenvalue weighted by Gasteiger charge is -2.24. The highest BCUT2D eigenvalue weighted by Crippen LogP contribution is 2.27. The van der Waals surface area contributed by atoms with Crippen molar-refractivity contribution in [3.63, 3.8) is 0 Å². The predicted molar refractivity (Wildman–Crippen MR) is 546 cm³/mol. The number of likely N-dealkylation sites (N-methyl/N-ethyl adjacent to an activating group) is 2. The fraction of sp³-hybridized carbons (Fsp3) is 0.411. The maximum Gasteiger partial charge on any atom is 0.410 e. The topological polar surface area (TPSA) is 502 Å². The van der Waals surface area contributed by atoms with Crippen molar-refractivity contribution in [3.05, 3.63) is 240 Å². The molecule has 14 aromatic rings. The first-order valence-corrected chi connectivity index (χ1v) is 53.3. The number of unbranched alkanes of at least 4 members (excludes halogenated alkanes) is 3. The molecule has 142 heavy (non-hydrogen) atoms. The number of anilines is 4. The Labute approximate surface area is 856 Å². The molecule has 0 unspecified atom stereocenters. The number of ether oxygens (including phenoxy) is 2. The van der Waals surface area contributed by atoms with Crippen molar-refractivity contribution >= 4 is 182 Å². The van der Waals surface area contributed by atoms with Gasteiger partial charge < -0.3 is 44.1 Å². The van der Waals surface area contributed by atoms with E-state index < -0.39 is 29.3 Å². The largest absolute Gasteiger partial charge is 0.469 e. The number of furan rings is 2. The number of ketones is 4. The van der Waals surface area contributed by atoms with E-state index in [1.807, 2.05) is 115 Å². The van der Waals surface area contributed by atoms with Crippen LogP contribution in [-0.4, -0.2) is 204 Å². The minimum Gasteiger partial charge on any atom is -0.469 e. The molecule has 748 valence electrons.